The van der Waals surface area contributed by atoms with Crippen molar-refractivity contribution >= 4 is 15.9 Å². The van der Waals surface area contributed by atoms with E-state index in [1.165, 1.54) is 11.1 Å². The number of benzene rings is 1. The van der Waals surface area contributed by atoms with E-state index in [0.29, 0.717) is 6.04 Å². The van der Waals surface area contributed by atoms with Gasteiger partial charge in [-0.1, -0.05) is 41.1 Å². The Morgan fingerprint density at radius 1 is 1.21 bits per heavy atom. The van der Waals surface area contributed by atoms with Crippen molar-refractivity contribution in [3.05, 3.63) is 64.4 Å². The van der Waals surface area contributed by atoms with Crippen LogP contribution < -0.4 is 5.32 Å². The molecule has 0 saturated heterocycles. The molecule has 2 nitrogen and oxygen atoms in total. The fourth-order valence-electron chi connectivity index (χ4n) is 2.20. The Hall–Kier alpha value is -1.19. The van der Waals surface area contributed by atoms with Gasteiger partial charge in [-0.25, -0.2) is 0 Å². The predicted octanol–water partition coefficient (Wildman–Crippen LogP) is 4.65. The average Bonchev–Trinajstić information content (AvgIpc) is 2.45. The van der Waals surface area contributed by atoms with Crippen LogP contribution in [0, 0.1) is 0 Å². The smallest absolute Gasteiger partial charge is 0.0323 e. The van der Waals surface area contributed by atoms with Crippen LogP contribution in [-0.2, 0) is 0 Å². The van der Waals surface area contributed by atoms with Gasteiger partial charge in [0.2, 0.25) is 0 Å². The van der Waals surface area contributed by atoms with Crippen LogP contribution in [0.1, 0.15) is 43.5 Å². The zero-order valence-corrected chi connectivity index (χ0v) is 12.9. The molecule has 1 aromatic heterocycles. The molecule has 0 aliphatic heterocycles. The van der Waals surface area contributed by atoms with Gasteiger partial charge in [-0.05, 0) is 42.7 Å². The second kappa shape index (κ2) is 6.83. The molecule has 0 spiro atoms. The summed E-state index contributed by atoms with van der Waals surface area (Å²) in [5.41, 5.74) is 2.53. The van der Waals surface area contributed by atoms with E-state index in [-0.39, 0.29) is 6.04 Å². The van der Waals surface area contributed by atoms with E-state index in [2.05, 4.69) is 70.4 Å². The van der Waals surface area contributed by atoms with E-state index in [1.807, 2.05) is 18.5 Å². The summed E-state index contributed by atoms with van der Waals surface area (Å²) in [5, 5.41) is 3.67. The quantitative estimate of drug-likeness (QED) is 0.868. The van der Waals surface area contributed by atoms with Crippen LogP contribution in [0.4, 0.5) is 0 Å². The Balaban J connectivity index is 2.11. The third-order valence-corrected chi connectivity index (χ3v) is 3.79. The van der Waals surface area contributed by atoms with Crippen LogP contribution in [0.2, 0.25) is 0 Å². The zero-order chi connectivity index (χ0) is 13.7. The number of hydrogen-bond acceptors (Lipinski definition) is 2. The largest absolute Gasteiger partial charge is 0.303 e. The molecule has 0 saturated carbocycles. The van der Waals surface area contributed by atoms with Crippen molar-refractivity contribution in [2.45, 2.75) is 32.4 Å². The molecule has 1 N–H and O–H groups in total. The molecule has 0 amide bonds. The summed E-state index contributed by atoms with van der Waals surface area (Å²) in [4.78, 5) is 4.18. The van der Waals surface area contributed by atoms with Crippen molar-refractivity contribution in [1.29, 1.82) is 0 Å². The van der Waals surface area contributed by atoms with Crippen LogP contribution in [0.5, 0.6) is 0 Å². The molecule has 0 aliphatic rings. The van der Waals surface area contributed by atoms with E-state index in [1.54, 1.807) is 0 Å². The number of rotatable bonds is 5. The molecular weight excluding hydrogens is 300 g/mol. The number of hydrogen-bond donors (Lipinski definition) is 1. The fourth-order valence-corrected chi connectivity index (χ4v) is 2.62. The molecule has 2 aromatic rings. The zero-order valence-electron chi connectivity index (χ0n) is 11.3. The van der Waals surface area contributed by atoms with Crippen molar-refractivity contribution in [1.82, 2.24) is 10.3 Å². The van der Waals surface area contributed by atoms with E-state index >= 15 is 0 Å². The Labute approximate surface area is 123 Å². The van der Waals surface area contributed by atoms with Crippen LogP contribution in [0.25, 0.3) is 0 Å². The van der Waals surface area contributed by atoms with Gasteiger partial charge in [0.1, 0.15) is 0 Å². The first kappa shape index (κ1) is 14.2. The van der Waals surface area contributed by atoms with Crippen LogP contribution >= 0.6 is 15.9 Å². The van der Waals surface area contributed by atoms with Crippen LogP contribution in [-0.4, -0.2) is 4.98 Å². The minimum absolute atomic E-state index is 0.289. The summed E-state index contributed by atoms with van der Waals surface area (Å²) in [5.74, 6) is 0. The normalized spacial score (nSPS) is 14.1. The third-order valence-electron chi connectivity index (χ3n) is 3.29. The van der Waals surface area contributed by atoms with Gasteiger partial charge in [0, 0.05) is 29.0 Å². The number of nitrogens with zero attached hydrogens (tertiary/aromatic N) is 1. The minimum Gasteiger partial charge on any atom is -0.303 e. The monoisotopic (exact) mass is 318 g/mol. The molecular formula is C16H19BrN2. The third kappa shape index (κ3) is 3.88. The lowest BCUT2D eigenvalue weighted by atomic mass is 10.0. The highest BCUT2D eigenvalue weighted by Crippen LogP contribution is 2.24. The van der Waals surface area contributed by atoms with Gasteiger partial charge in [-0.2, -0.15) is 0 Å². The summed E-state index contributed by atoms with van der Waals surface area (Å²) < 4.78 is 1.12. The molecule has 3 heteroatoms. The molecule has 2 atom stereocenters. The lowest BCUT2D eigenvalue weighted by molar-refractivity contribution is 0.455. The predicted molar refractivity (Wildman–Crippen MR) is 83.0 cm³/mol. The van der Waals surface area contributed by atoms with Gasteiger partial charge in [0.25, 0.3) is 0 Å². The first-order valence-corrected chi connectivity index (χ1v) is 7.41. The van der Waals surface area contributed by atoms with E-state index in [9.17, 15) is 0 Å². The highest BCUT2D eigenvalue weighted by molar-refractivity contribution is 9.10. The van der Waals surface area contributed by atoms with Crippen molar-refractivity contribution < 1.29 is 0 Å². The SMILES string of the molecule is CCC(N[C@H](C)c1cccnc1)c1cccc(Br)c1. The fraction of sp³-hybridized carbons (Fsp3) is 0.312. The maximum Gasteiger partial charge on any atom is 0.0323 e. The van der Waals surface area contributed by atoms with Gasteiger partial charge < -0.3 is 5.32 Å². The number of pyridine rings is 1. The van der Waals surface area contributed by atoms with Gasteiger partial charge in [0.15, 0.2) is 0 Å². The molecule has 0 bridgehead atoms. The lowest BCUT2D eigenvalue weighted by Gasteiger charge is -2.23. The van der Waals surface area contributed by atoms with Crippen molar-refractivity contribution in [3.63, 3.8) is 0 Å². The summed E-state index contributed by atoms with van der Waals surface area (Å²) in [6.45, 7) is 4.38. The van der Waals surface area contributed by atoms with E-state index < -0.39 is 0 Å². The molecule has 2 rings (SSSR count). The number of nitrogens with one attached hydrogen (secondary N) is 1. The first-order valence-electron chi connectivity index (χ1n) is 6.62. The molecule has 1 heterocycles. The molecule has 0 aliphatic carbocycles. The van der Waals surface area contributed by atoms with Crippen molar-refractivity contribution in [2.24, 2.45) is 0 Å². The van der Waals surface area contributed by atoms with Crippen molar-refractivity contribution in [2.75, 3.05) is 0 Å². The molecule has 1 unspecified atom stereocenters. The summed E-state index contributed by atoms with van der Waals surface area (Å²) in [6, 6.07) is 13.2. The molecule has 0 fully saturated rings. The highest BCUT2D eigenvalue weighted by atomic mass is 79.9. The maximum absolute atomic E-state index is 4.18. The highest BCUT2D eigenvalue weighted by Gasteiger charge is 2.13. The van der Waals surface area contributed by atoms with Crippen LogP contribution in [0.3, 0.4) is 0 Å². The van der Waals surface area contributed by atoms with E-state index in [4.69, 9.17) is 0 Å². The standard InChI is InChI=1S/C16H19BrN2/c1-3-16(13-6-4-8-15(17)10-13)19-12(2)14-7-5-9-18-11-14/h4-12,16,19H,3H2,1-2H3/t12-,16?/m1/s1. The van der Waals surface area contributed by atoms with Gasteiger partial charge in [-0.3, -0.25) is 4.98 Å². The molecule has 19 heavy (non-hydrogen) atoms. The maximum atomic E-state index is 4.18. The lowest BCUT2D eigenvalue weighted by Crippen LogP contribution is -2.24. The second-order valence-corrected chi connectivity index (χ2v) is 5.61. The van der Waals surface area contributed by atoms with Gasteiger partial charge in [-0.15, -0.1) is 0 Å². The Morgan fingerprint density at radius 3 is 2.63 bits per heavy atom. The average molecular weight is 319 g/mol. The summed E-state index contributed by atoms with van der Waals surface area (Å²) in [7, 11) is 0. The first-order chi connectivity index (χ1) is 9.20. The topological polar surface area (TPSA) is 24.9 Å². The number of halogens is 1. The second-order valence-electron chi connectivity index (χ2n) is 4.69. The summed E-state index contributed by atoms with van der Waals surface area (Å²) >= 11 is 3.53. The van der Waals surface area contributed by atoms with Gasteiger partial charge in [0.05, 0.1) is 0 Å². The van der Waals surface area contributed by atoms with E-state index in [0.717, 1.165) is 10.9 Å². The van der Waals surface area contributed by atoms with Crippen molar-refractivity contribution in [3.8, 4) is 0 Å². The number of aromatic nitrogens is 1. The Morgan fingerprint density at radius 2 is 2.00 bits per heavy atom. The molecule has 100 valence electrons. The molecule has 0 radical (unpaired) electrons. The minimum atomic E-state index is 0.289. The Bertz CT molecular complexity index is 513. The Kier molecular flexibility index (Phi) is 5.11. The summed E-state index contributed by atoms with van der Waals surface area (Å²) in [6.07, 6.45) is 4.79. The molecule has 1 aromatic carbocycles. The van der Waals surface area contributed by atoms with Gasteiger partial charge >= 0.3 is 0 Å². The van der Waals surface area contributed by atoms with Crippen LogP contribution in [0.15, 0.2) is 53.3 Å².